The number of anilines is 2. The molecule has 0 bridgehead atoms. The number of hydrogen-bond donors (Lipinski definition) is 1. The zero-order valence-corrected chi connectivity index (χ0v) is 11.1. The van der Waals surface area contributed by atoms with Crippen molar-refractivity contribution in [1.29, 1.82) is 5.26 Å². The van der Waals surface area contributed by atoms with Crippen LogP contribution in [0, 0.1) is 17.1 Å². The summed E-state index contributed by atoms with van der Waals surface area (Å²) in [5.41, 5.74) is 1.40. The van der Waals surface area contributed by atoms with E-state index in [-0.39, 0.29) is 5.56 Å². The van der Waals surface area contributed by atoms with Crippen molar-refractivity contribution in [2.75, 3.05) is 19.5 Å². The predicted molar refractivity (Wildman–Crippen MR) is 73.9 cm³/mol. The maximum Gasteiger partial charge on any atom is 0.145 e. The van der Waals surface area contributed by atoms with E-state index < -0.39 is 5.82 Å². The van der Waals surface area contributed by atoms with Crippen molar-refractivity contribution in [2.45, 2.75) is 0 Å². The second kappa shape index (κ2) is 5.93. The smallest absolute Gasteiger partial charge is 0.145 e. The summed E-state index contributed by atoms with van der Waals surface area (Å²) in [7, 11) is 3.10. The molecule has 0 heterocycles. The zero-order chi connectivity index (χ0) is 14.5. The monoisotopic (exact) mass is 272 g/mol. The maximum absolute atomic E-state index is 13.1. The van der Waals surface area contributed by atoms with Crippen molar-refractivity contribution >= 4 is 11.4 Å². The molecule has 0 saturated carbocycles. The number of nitriles is 1. The Morgan fingerprint density at radius 2 is 1.80 bits per heavy atom. The normalized spacial score (nSPS) is 9.70. The van der Waals surface area contributed by atoms with Crippen LogP contribution in [0.1, 0.15) is 5.56 Å². The summed E-state index contributed by atoms with van der Waals surface area (Å²) >= 11 is 0. The molecule has 2 aromatic rings. The molecule has 5 heteroatoms. The molecule has 0 radical (unpaired) electrons. The number of halogens is 1. The highest BCUT2D eigenvalue weighted by atomic mass is 19.1. The maximum atomic E-state index is 13.1. The molecule has 0 aliphatic heterocycles. The quantitative estimate of drug-likeness (QED) is 0.926. The number of nitrogens with one attached hydrogen (secondary N) is 1. The van der Waals surface area contributed by atoms with E-state index in [1.54, 1.807) is 25.3 Å². The minimum Gasteiger partial charge on any atom is -0.497 e. The third-order valence-corrected chi connectivity index (χ3v) is 2.78. The average molecular weight is 272 g/mol. The molecule has 0 atom stereocenters. The lowest BCUT2D eigenvalue weighted by atomic mass is 10.1. The molecular weight excluding hydrogens is 259 g/mol. The Morgan fingerprint density at radius 3 is 2.45 bits per heavy atom. The van der Waals surface area contributed by atoms with Gasteiger partial charge >= 0.3 is 0 Å². The number of rotatable bonds is 4. The van der Waals surface area contributed by atoms with Gasteiger partial charge in [0.1, 0.15) is 23.4 Å². The number of ether oxygens (including phenoxy) is 2. The Labute approximate surface area is 116 Å². The lowest BCUT2D eigenvalue weighted by Crippen LogP contribution is -1.98. The van der Waals surface area contributed by atoms with Crippen molar-refractivity contribution in [1.82, 2.24) is 0 Å². The molecule has 0 spiro atoms. The van der Waals surface area contributed by atoms with E-state index in [0.717, 1.165) is 0 Å². The molecule has 2 aromatic carbocycles. The third kappa shape index (κ3) is 2.81. The van der Waals surface area contributed by atoms with E-state index in [4.69, 9.17) is 14.7 Å². The van der Waals surface area contributed by atoms with Gasteiger partial charge in [-0.3, -0.25) is 0 Å². The van der Waals surface area contributed by atoms with Crippen LogP contribution in [0.3, 0.4) is 0 Å². The van der Waals surface area contributed by atoms with E-state index in [1.165, 1.54) is 25.3 Å². The fourth-order valence-electron chi connectivity index (χ4n) is 1.76. The van der Waals surface area contributed by atoms with Gasteiger partial charge in [-0.05, 0) is 30.3 Å². The van der Waals surface area contributed by atoms with Crippen molar-refractivity contribution in [2.24, 2.45) is 0 Å². The van der Waals surface area contributed by atoms with E-state index in [1.807, 2.05) is 6.07 Å². The second-order valence-corrected chi connectivity index (χ2v) is 3.99. The Bertz CT molecular complexity index is 665. The fraction of sp³-hybridized carbons (Fsp3) is 0.133. The van der Waals surface area contributed by atoms with Gasteiger partial charge < -0.3 is 14.8 Å². The molecule has 0 aliphatic rings. The molecule has 0 amide bonds. The Hall–Kier alpha value is -2.74. The zero-order valence-electron chi connectivity index (χ0n) is 11.1. The average Bonchev–Trinajstić information content (AvgIpc) is 2.49. The van der Waals surface area contributed by atoms with Crippen LogP contribution in [-0.2, 0) is 0 Å². The van der Waals surface area contributed by atoms with Crippen LogP contribution in [-0.4, -0.2) is 14.2 Å². The highest BCUT2D eigenvalue weighted by molar-refractivity contribution is 5.71. The van der Waals surface area contributed by atoms with Crippen LogP contribution in [0.4, 0.5) is 15.8 Å². The molecule has 1 N–H and O–H groups in total. The summed E-state index contributed by atoms with van der Waals surface area (Å²) in [5, 5.41) is 12.1. The summed E-state index contributed by atoms with van der Waals surface area (Å²) < 4.78 is 23.5. The summed E-state index contributed by atoms with van der Waals surface area (Å²) in [6.45, 7) is 0. The third-order valence-electron chi connectivity index (χ3n) is 2.78. The van der Waals surface area contributed by atoms with Gasteiger partial charge in [0, 0.05) is 6.07 Å². The number of methoxy groups -OCH3 is 2. The van der Waals surface area contributed by atoms with Gasteiger partial charge in [-0.2, -0.15) is 5.26 Å². The number of benzene rings is 2. The minimum atomic E-state index is -0.450. The van der Waals surface area contributed by atoms with Crippen LogP contribution in [0.25, 0.3) is 0 Å². The highest BCUT2D eigenvalue weighted by Gasteiger charge is 2.08. The standard InChI is InChI=1S/C15H13FN2O2/c1-19-12-4-6-14(15(8-12)20-2)18-13-5-3-11(16)7-10(13)9-17/h3-8,18H,1-2H3. The number of nitrogens with zero attached hydrogens (tertiary/aromatic N) is 1. The summed E-state index contributed by atoms with van der Waals surface area (Å²) in [5.74, 6) is 0.776. The van der Waals surface area contributed by atoms with Crippen LogP contribution < -0.4 is 14.8 Å². The van der Waals surface area contributed by atoms with Crippen molar-refractivity contribution < 1.29 is 13.9 Å². The molecule has 20 heavy (non-hydrogen) atoms. The number of hydrogen-bond acceptors (Lipinski definition) is 4. The van der Waals surface area contributed by atoms with Crippen LogP contribution in [0.5, 0.6) is 11.5 Å². The molecular formula is C15H13FN2O2. The Kier molecular flexibility index (Phi) is 4.06. The first-order valence-electron chi connectivity index (χ1n) is 5.86. The van der Waals surface area contributed by atoms with Gasteiger partial charge in [0.05, 0.1) is 31.2 Å². The van der Waals surface area contributed by atoms with Crippen molar-refractivity contribution in [3.8, 4) is 17.6 Å². The highest BCUT2D eigenvalue weighted by Crippen LogP contribution is 2.32. The fourth-order valence-corrected chi connectivity index (χ4v) is 1.76. The Balaban J connectivity index is 2.37. The first kappa shape index (κ1) is 13.7. The van der Waals surface area contributed by atoms with E-state index in [9.17, 15) is 4.39 Å². The van der Waals surface area contributed by atoms with Gasteiger partial charge in [0.25, 0.3) is 0 Å². The second-order valence-electron chi connectivity index (χ2n) is 3.99. The van der Waals surface area contributed by atoms with E-state index in [0.29, 0.717) is 22.9 Å². The molecule has 0 saturated heterocycles. The summed E-state index contributed by atoms with van der Waals surface area (Å²) in [6, 6.07) is 11.2. The van der Waals surface area contributed by atoms with Gasteiger partial charge in [-0.15, -0.1) is 0 Å². The van der Waals surface area contributed by atoms with Crippen molar-refractivity contribution in [3.05, 3.63) is 47.8 Å². The van der Waals surface area contributed by atoms with E-state index in [2.05, 4.69) is 5.32 Å². The lowest BCUT2D eigenvalue weighted by Gasteiger charge is -2.13. The summed E-state index contributed by atoms with van der Waals surface area (Å²) in [6.07, 6.45) is 0. The van der Waals surface area contributed by atoms with Gasteiger partial charge in [-0.1, -0.05) is 0 Å². The van der Waals surface area contributed by atoms with E-state index >= 15 is 0 Å². The first-order valence-corrected chi connectivity index (χ1v) is 5.86. The van der Waals surface area contributed by atoms with Crippen LogP contribution in [0.2, 0.25) is 0 Å². The van der Waals surface area contributed by atoms with Crippen LogP contribution >= 0.6 is 0 Å². The molecule has 0 aliphatic carbocycles. The molecule has 0 unspecified atom stereocenters. The molecule has 0 fully saturated rings. The molecule has 4 nitrogen and oxygen atoms in total. The Morgan fingerprint density at radius 1 is 1.05 bits per heavy atom. The lowest BCUT2D eigenvalue weighted by molar-refractivity contribution is 0.395. The van der Waals surface area contributed by atoms with Crippen molar-refractivity contribution in [3.63, 3.8) is 0 Å². The predicted octanol–water partition coefficient (Wildman–Crippen LogP) is 3.46. The molecule has 102 valence electrons. The minimum absolute atomic E-state index is 0.225. The first-order chi connectivity index (χ1) is 9.67. The van der Waals surface area contributed by atoms with Gasteiger partial charge in [0.15, 0.2) is 0 Å². The topological polar surface area (TPSA) is 54.3 Å². The summed E-state index contributed by atoms with van der Waals surface area (Å²) in [4.78, 5) is 0. The van der Waals surface area contributed by atoms with Gasteiger partial charge in [0.2, 0.25) is 0 Å². The largest absolute Gasteiger partial charge is 0.497 e. The molecule has 2 rings (SSSR count). The van der Waals surface area contributed by atoms with Crippen LogP contribution in [0.15, 0.2) is 36.4 Å². The SMILES string of the molecule is COc1ccc(Nc2ccc(F)cc2C#N)c(OC)c1. The van der Waals surface area contributed by atoms with Gasteiger partial charge in [-0.25, -0.2) is 4.39 Å². The molecule has 0 aromatic heterocycles.